The summed E-state index contributed by atoms with van der Waals surface area (Å²) in [7, 11) is 0. The van der Waals surface area contributed by atoms with Gasteiger partial charge in [-0.3, -0.25) is 9.69 Å². The van der Waals surface area contributed by atoms with Crippen molar-refractivity contribution < 1.29 is 28.6 Å². The summed E-state index contributed by atoms with van der Waals surface area (Å²) in [5, 5.41) is 5.94. The summed E-state index contributed by atoms with van der Waals surface area (Å²) in [5.74, 6) is 0.377. The normalized spacial score (nSPS) is 15.8. The number of piperazine rings is 1. The van der Waals surface area contributed by atoms with Gasteiger partial charge in [0.15, 0.2) is 5.78 Å². The summed E-state index contributed by atoms with van der Waals surface area (Å²) in [5.41, 5.74) is 1.99. The van der Waals surface area contributed by atoms with Crippen LogP contribution >= 0.6 is 0 Å². The molecule has 1 saturated heterocycles. The number of ether oxygens (including phenoxy) is 3. The quantitative estimate of drug-likeness (QED) is 0.356. The molecule has 1 aliphatic heterocycles. The molecule has 0 aliphatic carbocycles. The van der Waals surface area contributed by atoms with Crippen LogP contribution in [0, 0.1) is 0 Å². The van der Waals surface area contributed by atoms with Crippen LogP contribution in [0.1, 0.15) is 37.5 Å². The third-order valence-corrected chi connectivity index (χ3v) is 6.66. The highest BCUT2D eigenvalue weighted by molar-refractivity contribution is 5.94. The van der Waals surface area contributed by atoms with E-state index in [1.807, 2.05) is 84.9 Å². The van der Waals surface area contributed by atoms with Crippen LogP contribution in [-0.2, 0) is 33.9 Å². The maximum Gasteiger partial charge on any atom is 0.410 e. The van der Waals surface area contributed by atoms with E-state index >= 15 is 0 Å². The Kier molecular flexibility index (Phi) is 10.6. The number of alkyl carbamates (subject to hydrolysis) is 1. The van der Waals surface area contributed by atoms with E-state index in [9.17, 15) is 14.4 Å². The third kappa shape index (κ3) is 9.34. The summed E-state index contributed by atoms with van der Waals surface area (Å²) in [6.45, 7) is 6.94. The van der Waals surface area contributed by atoms with E-state index in [2.05, 4.69) is 10.6 Å². The zero-order chi connectivity index (χ0) is 30.0. The average molecular weight is 574 g/mol. The van der Waals surface area contributed by atoms with Gasteiger partial charge in [0, 0.05) is 19.6 Å². The van der Waals surface area contributed by atoms with Crippen molar-refractivity contribution in [3.8, 4) is 5.75 Å². The molecule has 4 rings (SSSR count). The molecule has 1 unspecified atom stereocenters. The molecule has 3 aromatic carbocycles. The molecule has 0 aromatic heterocycles. The lowest BCUT2D eigenvalue weighted by atomic mass is 9.96. The number of carbonyl (C=O) groups excluding carboxylic acids is 3. The lowest BCUT2D eigenvalue weighted by Crippen LogP contribution is -2.61. The van der Waals surface area contributed by atoms with Crippen molar-refractivity contribution in [1.29, 1.82) is 0 Å². The minimum atomic E-state index is -0.945. The fourth-order valence-electron chi connectivity index (χ4n) is 4.56. The summed E-state index contributed by atoms with van der Waals surface area (Å²) >= 11 is 0. The monoisotopic (exact) mass is 573 g/mol. The molecule has 1 heterocycles. The fourth-order valence-corrected chi connectivity index (χ4v) is 4.56. The summed E-state index contributed by atoms with van der Waals surface area (Å²) in [4.78, 5) is 41.2. The first-order valence-corrected chi connectivity index (χ1v) is 14.1. The molecule has 1 aliphatic rings. The molecule has 2 N–H and O–H groups in total. The molecular formula is C33H39N3O6. The smallest absolute Gasteiger partial charge is 0.410 e. The van der Waals surface area contributed by atoms with Crippen LogP contribution in [0.15, 0.2) is 84.9 Å². The Balaban J connectivity index is 1.47. The van der Waals surface area contributed by atoms with E-state index in [0.29, 0.717) is 25.4 Å². The number of benzene rings is 3. The number of hydrogen-bond acceptors (Lipinski definition) is 7. The zero-order valence-electron chi connectivity index (χ0n) is 24.4. The fraction of sp³-hybridized carbons (Fsp3) is 0.364. The zero-order valence-corrected chi connectivity index (χ0v) is 24.4. The van der Waals surface area contributed by atoms with Crippen LogP contribution in [0.3, 0.4) is 0 Å². The molecule has 42 heavy (non-hydrogen) atoms. The molecule has 0 bridgehead atoms. The molecule has 9 heteroatoms. The second-order valence-electron chi connectivity index (χ2n) is 11.2. The number of carbonyl (C=O) groups is 3. The van der Waals surface area contributed by atoms with Gasteiger partial charge in [-0.15, -0.1) is 0 Å². The predicted octanol–water partition coefficient (Wildman–Crippen LogP) is 4.88. The number of rotatable bonds is 10. The van der Waals surface area contributed by atoms with Crippen molar-refractivity contribution in [1.82, 2.24) is 15.5 Å². The van der Waals surface area contributed by atoms with Crippen molar-refractivity contribution in [2.24, 2.45) is 0 Å². The molecule has 0 spiro atoms. The molecule has 2 amide bonds. The minimum absolute atomic E-state index is 0.0655. The van der Waals surface area contributed by atoms with Gasteiger partial charge in [0.25, 0.3) is 0 Å². The number of ketones is 1. The van der Waals surface area contributed by atoms with Gasteiger partial charge < -0.3 is 24.8 Å². The SMILES string of the molecule is CC(C)(C)OC(=O)N1CCNCC1C(=O)[C@H](Cc1ccc(OCc2ccccc2)cc1)NC(=O)OCc1ccccc1. The average Bonchev–Trinajstić information content (AvgIpc) is 2.99. The van der Waals surface area contributed by atoms with E-state index < -0.39 is 29.9 Å². The lowest BCUT2D eigenvalue weighted by Gasteiger charge is -2.37. The van der Waals surface area contributed by atoms with Gasteiger partial charge in [-0.1, -0.05) is 72.8 Å². The maximum atomic E-state index is 13.9. The highest BCUT2D eigenvalue weighted by Gasteiger charge is 2.38. The van der Waals surface area contributed by atoms with E-state index in [-0.39, 0.29) is 25.4 Å². The minimum Gasteiger partial charge on any atom is -0.489 e. The number of nitrogens with zero attached hydrogens (tertiary/aromatic N) is 1. The molecule has 2 atom stereocenters. The predicted molar refractivity (Wildman–Crippen MR) is 159 cm³/mol. The topological polar surface area (TPSA) is 106 Å². The van der Waals surface area contributed by atoms with Crippen LogP contribution in [0.25, 0.3) is 0 Å². The summed E-state index contributed by atoms with van der Waals surface area (Å²) in [6.07, 6.45) is -1.07. The summed E-state index contributed by atoms with van der Waals surface area (Å²) in [6, 6.07) is 24.8. The van der Waals surface area contributed by atoms with E-state index in [1.54, 1.807) is 20.8 Å². The highest BCUT2D eigenvalue weighted by Crippen LogP contribution is 2.19. The Morgan fingerprint density at radius 2 is 1.50 bits per heavy atom. The number of amides is 2. The Bertz CT molecular complexity index is 1310. The van der Waals surface area contributed by atoms with Crippen LogP contribution in [0.5, 0.6) is 5.75 Å². The molecule has 0 saturated carbocycles. The van der Waals surface area contributed by atoms with Crippen LogP contribution in [-0.4, -0.2) is 60.2 Å². The standard InChI is InChI=1S/C33H39N3O6/c1-33(2,3)42-32(39)36-19-18-34-21-29(36)30(37)28(35-31(38)41-23-26-12-8-5-9-13-26)20-24-14-16-27(17-15-24)40-22-25-10-6-4-7-11-25/h4-17,28-29,34H,18-23H2,1-3H3,(H,35,38)/t28-,29?/m0/s1. The number of nitrogens with one attached hydrogen (secondary N) is 2. The summed E-state index contributed by atoms with van der Waals surface area (Å²) < 4.78 is 16.9. The van der Waals surface area contributed by atoms with Gasteiger partial charge >= 0.3 is 12.2 Å². The Labute approximate surface area is 247 Å². The van der Waals surface area contributed by atoms with E-state index in [0.717, 1.165) is 16.7 Å². The van der Waals surface area contributed by atoms with Crippen molar-refractivity contribution in [3.63, 3.8) is 0 Å². The maximum absolute atomic E-state index is 13.9. The molecule has 9 nitrogen and oxygen atoms in total. The third-order valence-electron chi connectivity index (χ3n) is 6.66. The van der Waals surface area contributed by atoms with Crippen molar-refractivity contribution >= 4 is 18.0 Å². The van der Waals surface area contributed by atoms with Crippen molar-refractivity contribution in [3.05, 3.63) is 102 Å². The van der Waals surface area contributed by atoms with Gasteiger partial charge in [-0.2, -0.15) is 0 Å². The second-order valence-corrected chi connectivity index (χ2v) is 11.2. The number of Topliss-reactive ketones (excluding diaryl/α,β-unsaturated/α-hetero) is 1. The van der Waals surface area contributed by atoms with E-state index in [4.69, 9.17) is 14.2 Å². The van der Waals surface area contributed by atoms with Crippen LogP contribution in [0.4, 0.5) is 9.59 Å². The molecule has 1 fully saturated rings. The van der Waals surface area contributed by atoms with Gasteiger partial charge in [0.05, 0.1) is 6.04 Å². The van der Waals surface area contributed by atoms with Crippen LogP contribution < -0.4 is 15.4 Å². The van der Waals surface area contributed by atoms with Crippen LogP contribution in [0.2, 0.25) is 0 Å². The Hall–Kier alpha value is -4.37. The van der Waals surface area contributed by atoms with Crippen molar-refractivity contribution in [2.75, 3.05) is 19.6 Å². The molecule has 3 aromatic rings. The lowest BCUT2D eigenvalue weighted by molar-refractivity contribution is -0.126. The van der Waals surface area contributed by atoms with Gasteiger partial charge in [-0.05, 0) is 56.0 Å². The molecular weight excluding hydrogens is 534 g/mol. The first-order chi connectivity index (χ1) is 20.2. The Morgan fingerprint density at radius 3 is 2.12 bits per heavy atom. The van der Waals surface area contributed by atoms with Crippen molar-refractivity contribution in [2.45, 2.75) is 58.1 Å². The van der Waals surface area contributed by atoms with E-state index in [1.165, 1.54) is 4.90 Å². The van der Waals surface area contributed by atoms with Gasteiger partial charge in [0.1, 0.15) is 30.6 Å². The Morgan fingerprint density at radius 1 is 0.881 bits per heavy atom. The second kappa shape index (κ2) is 14.5. The molecule has 222 valence electrons. The number of hydrogen-bond donors (Lipinski definition) is 2. The first kappa shape index (κ1) is 30.6. The largest absolute Gasteiger partial charge is 0.489 e. The van der Waals surface area contributed by atoms with Gasteiger partial charge in [-0.25, -0.2) is 9.59 Å². The van der Waals surface area contributed by atoms with Gasteiger partial charge in [0.2, 0.25) is 0 Å². The molecule has 0 radical (unpaired) electrons. The highest BCUT2D eigenvalue weighted by atomic mass is 16.6. The first-order valence-electron chi connectivity index (χ1n) is 14.1.